The molecule has 0 aromatic rings. The number of ether oxygens (including phenoxy) is 8. The van der Waals surface area contributed by atoms with Crippen molar-refractivity contribution in [3.63, 3.8) is 0 Å². The SMILES string of the molecule is COC1CC(OC2CCC3(C)C(CCC4C3CCC3(C)C(C5=CC(=O)OC5)=CCC43O)C2)OC(C)C1OC1OC(COCC2OC(O)C(O)C(O)C2O)C(O)C(O)C1O. The first-order valence-electron chi connectivity index (χ1n) is 21.4. The highest BCUT2D eigenvalue weighted by Gasteiger charge is 2.66. The summed E-state index contributed by atoms with van der Waals surface area (Å²) >= 11 is 0. The van der Waals surface area contributed by atoms with Crippen LogP contribution in [0.15, 0.2) is 23.3 Å². The van der Waals surface area contributed by atoms with Crippen LogP contribution in [0, 0.1) is 28.6 Å². The van der Waals surface area contributed by atoms with Crippen molar-refractivity contribution in [2.24, 2.45) is 28.6 Å². The molecule has 4 aliphatic heterocycles. The van der Waals surface area contributed by atoms with E-state index in [0.29, 0.717) is 24.7 Å². The molecule has 8 N–H and O–H groups in total. The van der Waals surface area contributed by atoms with Gasteiger partial charge in [0.1, 0.15) is 61.5 Å². The molecule has 0 amide bonds. The molecule has 59 heavy (non-hydrogen) atoms. The molecular weight excluding hydrogens is 776 g/mol. The highest BCUT2D eigenvalue weighted by Crippen LogP contribution is 2.68. The van der Waals surface area contributed by atoms with Crippen LogP contribution in [0.4, 0.5) is 0 Å². The summed E-state index contributed by atoms with van der Waals surface area (Å²) in [5.74, 6) is 0.663. The molecule has 6 fully saturated rings. The molecular formula is C42H64O17. The van der Waals surface area contributed by atoms with Gasteiger partial charge in [0.2, 0.25) is 0 Å². The molecule has 0 radical (unpaired) electrons. The smallest absolute Gasteiger partial charge is 0.331 e. The monoisotopic (exact) mass is 840 g/mol. The van der Waals surface area contributed by atoms with Gasteiger partial charge in [-0.2, -0.15) is 0 Å². The van der Waals surface area contributed by atoms with Crippen LogP contribution in [-0.4, -0.2) is 171 Å². The van der Waals surface area contributed by atoms with Gasteiger partial charge in [-0.3, -0.25) is 0 Å². The summed E-state index contributed by atoms with van der Waals surface area (Å²) in [7, 11) is 1.55. The highest BCUT2D eigenvalue weighted by atomic mass is 16.7. The topological polar surface area (TPSA) is 253 Å². The molecule has 0 aromatic heterocycles. The van der Waals surface area contributed by atoms with Crippen LogP contribution in [0.25, 0.3) is 0 Å². The van der Waals surface area contributed by atoms with Crippen molar-refractivity contribution in [1.82, 2.24) is 0 Å². The van der Waals surface area contributed by atoms with E-state index in [9.17, 15) is 45.6 Å². The van der Waals surface area contributed by atoms with Crippen molar-refractivity contribution in [3.05, 3.63) is 23.3 Å². The second kappa shape index (κ2) is 16.8. The number of hydrogen-bond donors (Lipinski definition) is 8. The van der Waals surface area contributed by atoms with Gasteiger partial charge in [0, 0.05) is 30.6 Å². The van der Waals surface area contributed by atoms with E-state index in [2.05, 4.69) is 19.9 Å². The zero-order chi connectivity index (χ0) is 42.2. The van der Waals surface area contributed by atoms with Crippen LogP contribution < -0.4 is 0 Å². The first-order valence-corrected chi connectivity index (χ1v) is 21.4. The van der Waals surface area contributed by atoms with Crippen LogP contribution in [0.5, 0.6) is 0 Å². The minimum Gasteiger partial charge on any atom is -0.458 e. The van der Waals surface area contributed by atoms with Gasteiger partial charge >= 0.3 is 5.97 Å². The van der Waals surface area contributed by atoms with E-state index in [1.807, 2.05) is 0 Å². The summed E-state index contributed by atoms with van der Waals surface area (Å²) in [6.45, 7) is 5.98. The number of hydrogen-bond acceptors (Lipinski definition) is 17. The normalized spacial score (nSPS) is 52.5. The summed E-state index contributed by atoms with van der Waals surface area (Å²) < 4.78 is 46.9. The second-order valence-electron chi connectivity index (χ2n) is 18.9. The van der Waals surface area contributed by atoms with Crippen molar-refractivity contribution in [2.75, 3.05) is 26.9 Å². The van der Waals surface area contributed by atoms with Crippen molar-refractivity contribution < 1.29 is 83.5 Å². The van der Waals surface area contributed by atoms with Crippen molar-refractivity contribution in [2.45, 2.75) is 176 Å². The summed E-state index contributed by atoms with van der Waals surface area (Å²) in [5, 5.41) is 84.5. The van der Waals surface area contributed by atoms with Gasteiger partial charge < -0.3 is 78.7 Å². The number of aliphatic hydroxyl groups is 8. The van der Waals surface area contributed by atoms with E-state index in [0.717, 1.165) is 56.1 Å². The maximum absolute atomic E-state index is 12.5. The van der Waals surface area contributed by atoms with Crippen LogP contribution in [0.2, 0.25) is 0 Å². The van der Waals surface area contributed by atoms with E-state index < -0.39 is 97.0 Å². The molecule has 8 rings (SSSR count). The van der Waals surface area contributed by atoms with Crippen LogP contribution >= 0.6 is 0 Å². The first-order chi connectivity index (χ1) is 28.0. The van der Waals surface area contributed by atoms with Gasteiger partial charge in [-0.1, -0.05) is 19.9 Å². The molecule has 0 aromatic carbocycles. The Hall–Kier alpha value is -1.65. The zero-order valence-corrected chi connectivity index (χ0v) is 34.3. The number of cyclic esters (lactones) is 1. The second-order valence-corrected chi connectivity index (χ2v) is 18.9. The van der Waals surface area contributed by atoms with Gasteiger partial charge in [-0.25, -0.2) is 4.79 Å². The predicted octanol–water partition coefficient (Wildman–Crippen LogP) is -0.292. The van der Waals surface area contributed by atoms with Crippen LogP contribution in [0.1, 0.15) is 78.6 Å². The quantitative estimate of drug-likeness (QED) is 0.104. The Morgan fingerprint density at radius 2 is 1.51 bits per heavy atom. The molecule has 17 heteroatoms. The minimum atomic E-state index is -1.74. The average Bonchev–Trinajstić information content (AvgIpc) is 3.76. The maximum atomic E-state index is 12.5. The summed E-state index contributed by atoms with van der Waals surface area (Å²) in [4.78, 5) is 11.9. The van der Waals surface area contributed by atoms with Crippen molar-refractivity contribution in [3.8, 4) is 0 Å². The van der Waals surface area contributed by atoms with Gasteiger partial charge in [-0.15, -0.1) is 0 Å². The van der Waals surface area contributed by atoms with E-state index in [-0.39, 0.29) is 43.2 Å². The number of esters is 1. The fraction of sp³-hybridized carbons (Fsp3) is 0.881. The molecule has 0 bridgehead atoms. The lowest BCUT2D eigenvalue weighted by Crippen LogP contribution is -2.62. The molecule has 8 aliphatic rings. The Balaban J connectivity index is 0.845. The molecule has 0 spiro atoms. The van der Waals surface area contributed by atoms with E-state index >= 15 is 0 Å². The van der Waals surface area contributed by atoms with Gasteiger partial charge in [-0.05, 0) is 87.0 Å². The molecule has 17 nitrogen and oxygen atoms in total. The molecule has 21 atom stereocenters. The minimum absolute atomic E-state index is 0.0297. The predicted molar refractivity (Wildman–Crippen MR) is 202 cm³/mol. The third-order valence-electron chi connectivity index (χ3n) is 15.9. The lowest BCUT2D eigenvalue weighted by molar-refractivity contribution is -0.347. The Labute approximate surface area is 344 Å². The number of fused-ring (bicyclic) bond motifs is 5. The number of carbonyl (C=O) groups excluding carboxylic acids is 1. The largest absolute Gasteiger partial charge is 0.458 e. The summed E-state index contributed by atoms with van der Waals surface area (Å²) in [6.07, 6.45) is -6.60. The molecule has 4 aliphatic carbocycles. The average molecular weight is 841 g/mol. The lowest BCUT2D eigenvalue weighted by Gasteiger charge is -2.63. The maximum Gasteiger partial charge on any atom is 0.331 e. The van der Waals surface area contributed by atoms with Gasteiger partial charge in [0.25, 0.3) is 0 Å². The zero-order valence-electron chi connectivity index (χ0n) is 34.3. The van der Waals surface area contributed by atoms with Crippen molar-refractivity contribution in [1.29, 1.82) is 0 Å². The number of methoxy groups -OCH3 is 1. The first kappa shape index (κ1) is 44.0. The summed E-state index contributed by atoms with van der Waals surface area (Å²) in [6, 6.07) is 0. The van der Waals surface area contributed by atoms with Crippen LogP contribution in [0.3, 0.4) is 0 Å². The third kappa shape index (κ3) is 7.67. The highest BCUT2D eigenvalue weighted by molar-refractivity contribution is 5.86. The fourth-order valence-corrected chi connectivity index (χ4v) is 12.3. The number of aliphatic hydroxyl groups excluding tert-OH is 7. The fourth-order valence-electron chi connectivity index (χ4n) is 12.3. The van der Waals surface area contributed by atoms with Gasteiger partial charge in [0.05, 0.1) is 37.1 Å². The Kier molecular flexibility index (Phi) is 12.5. The van der Waals surface area contributed by atoms with E-state index in [1.165, 1.54) is 0 Å². The Morgan fingerprint density at radius 3 is 2.20 bits per heavy atom. The number of rotatable bonds is 10. The van der Waals surface area contributed by atoms with Crippen molar-refractivity contribution >= 4 is 5.97 Å². The Morgan fingerprint density at radius 1 is 0.797 bits per heavy atom. The molecule has 3 saturated heterocycles. The van der Waals surface area contributed by atoms with Crippen LogP contribution in [-0.2, 0) is 42.7 Å². The molecule has 3 saturated carbocycles. The standard InChI is InChI=1S/C42H64O17/c1-19-37(59-39-36(49)34(47)32(45)28(58-39)18-53-17-27-31(44)33(46)35(48)38(50)57-27)26(52-4)15-30(55-19)56-22-7-10-40(2)21(14-22)5-6-25-24(40)8-11-41(3)23(9-12-42(25,41)51)20-13-29(43)54-16-20/h9,13,19,21-22,24-28,30-39,44-51H,5-8,10-12,14-18H2,1-4H3. The Bertz CT molecular complexity index is 1590. The number of carbonyl (C=O) groups is 1. The van der Waals surface area contributed by atoms with Gasteiger partial charge in [0.15, 0.2) is 18.9 Å². The van der Waals surface area contributed by atoms with E-state index in [4.69, 9.17) is 37.9 Å². The molecule has 334 valence electrons. The molecule has 4 heterocycles. The molecule has 21 unspecified atom stereocenters. The summed E-state index contributed by atoms with van der Waals surface area (Å²) in [5.41, 5.74) is 0.780. The third-order valence-corrected chi connectivity index (χ3v) is 15.9. The van der Waals surface area contributed by atoms with E-state index in [1.54, 1.807) is 20.1 Å². The lowest BCUT2D eigenvalue weighted by atomic mass is 9.43.